The molecule has 1 saturated heterocycles. The van der Waals surface area contributed by atoms with Gasteiger partial charge in [0.15, 0.2) is 0 Å². The summed E-state index contributed by atoms with van der Waals surface area (Å²) >= 11 is 1.61. The minimum atomic E-state index is -3.50. The lowest BCUT2D eigenvalue weighted by atomic mass is 10.1. The van der Waals surface area contributed by atoms with Gasteiger partial charge in [0.1, 0.15) is 5.69 Å². The molecular weight excluding hydrogens is 370 g/mol. The van der Waals surface area contributed by atoms with Crippen LogP contribution in [0, 0.1) is 5.92 Å². The van der Waals surface area contributed by atoms with Crippen LogP contribution in [-0.4, -0.2) is 52.6 Å². The smallest absolute Gasteiger partial charge is 0.256 e. The van der Waals surface area contributed by atoms with Crippen molar-refractivity contribution in [3.63, 3.8) is 0 Å². The standard InChI is InChI=1S/C17H25N5O2S2/c1-12(2)10-15-20-11-14(25-15)17-16(18-7-8-19-17)13-6-5-9-22(13)26(23,24)21(3)4/h7-8,11-13H,5-6,9-10H2,1-4H3/t13-/m1/s1. The first-order chi connectivity index (χ1) is 12.3. The monoisotopic (exact) mass is 395 g/mol. The van der Waals surface area contributed by atoms with E-state index in [1.54, 1.807) is 37.8 Å². The summed E-state index contributed by atoms with van der Waals surface area (Å²) in [6, 6.07) is -0.290. The molecule has 0 spiro atoms. The second-order valence-corrected chi connectivity index (χ2v) is 10.3. The Balaban J connectivity index is 1.98. The van der Waals surface area contributed by atoms with E-state index < -0.39 is 10.2 Å². The summed E-state index contributed by atoms with van der Waals surface area (Å²) in [6.07, 6.45) is 7.60. The van der Waals surface area contributed by atoms with Crippen molar-refractivity contribution in [2.45, 2.75) is 39.2 Å². The van der Waals surface area contributed by atoms with Gasteiger partial charge in [-0.25, -0.2) is 4.98 Å². The van der Waals surface area contributed by atoms with Crippen LogP contribution in [0.25, 0.3) is 10.6 Å². The van der Waals surface area contributed by atoms with Crippen LogP contribution in [0.2, 0.25) is 0 Å². The molecule has 3 heterocycles. The van der Waals surface area contributed by atoms with Crippen LogP contribution < -0.4 is 0 Å². The topological polar surface area (TPSA) is 79.3 Å². The van der Waals surface area contributed by atoms with Gasteiger partial charge >= 0.3 is 0 Å². The van der Waals surface area contributed by atoms with E-state index in [-0.39, 0.29) is 6.04 Å². The van der Waals surface area contributed by atoms with E-state index in [9.17, 15) is 8.42 Å². The van der Waals surface area contributed by atoms with Crippen LogP contribution in [-0.2, 0) is 16.6 Å². The Hall–Kier alpha value is -1.42. The van der Waals surface area contributed by atoms with E-state index >= 15 is 0 Å². The number of aromatic nitrogens is 3. The van der Waals surface area contributed by atoms with Crippen LogP contribution in [0.15, 0.2) is 18.6 Å². The zero-order chi connectivity index (χ0) is 18.9. The molecule has 142 valence electrons. The highest BCUT2D eigenvalue weighted by Gasteiger charge is 2.38. The zero-order valence-electron chi connectivity index (χ0n) is 15.6. The molecule has 0 aromatic carbocycles. The molecule has 0 radical (unpaired) electrons. The highest BCUT2D eigenvalue weighted by Crippen LogP contribution is 2.38. The van der Waals surface area contributed by atoms with Crippen LogP contribution in [0.3, 0.4) is 0 Å². The summed E-state index contributed by atoms with van der Waals surface area (Å²) in [6.45, 7) is 4.83. The van der Waals surface area contributed by atoms with Gasteiger partial charge in [0.05, 0.1) is 21.6 Å². The molecule has 0 saturated carbocycles. The minimum absolute atomic E-state index is 0.290. The highest BCUT2D eigenvalue weighted by atomic mass is 32.2. The number of nitrogens with zero attached hydrogens (tertiary/aromatic N) is 5. The lowest BCUT2D eigenvalue weighted by Crippen LogP contribution is -2.39. The fourth-order valence-corrected chi connectivity index (χ4v) is 5.59. The van der Waals surface area contributed by atoms with Crippen LogP contribution in [0.1, 0.15) is 43.4 Å². The average molecular weight is 396 g/mol. The second kappa shape index (κ2) is 7.67. The SMILES string of the molecule is CC(C)Cc1ncc(-c2nccnc2[C@H]2CCCN2S(=O)(=O)N(C)C)s1. The van der Waals surface area contributed by atoms with E-state index in [1.807, 2.05) is 6.20 Å². The minimum Gasteiger partial charge on any atom is -0.256 e. The highest BCUT2D eigenvalue weighted by molar-refractivity contribution is 7.86. The Morgan fingerprint density at radius 1 is 1.27 bits per heavy atom. The quantitative estimate of drug-likeness (QED) is 0.751. The van der Waals surface area contributed by atoms with Crippen molar-refractivity contribution >= 4 is 21.5 Å². The molecule has 1 fully saturated rings. The lowest BCUT2D eigenvalue weighted by molar-refractivity contribution is 0.358. The van der Waals surface area contributed by atoms with E-state index in [1.165, 1.54) is 8.61 Å². The van der Waals surface area contributed by atoms with Crippen LogP contribution in [0.5, 0.6) is 0 Å². The Morgan fingerprint density at radius 3 is 2.69 bits per heavy atom. The maximum absolute atomic E-state index is 12.7. The van der Waals surface area contributed by atoms with Crippen molar-refractivity contribution in [2.75, 3.05) is 20.6 Å². The van der Waals surface area contributed by atoms with Crippen molar-refractivity contribution in [1.82, 2.24) is 23.6 Å². The molecule has 0 aliphatic carbocycles. The number of hydrogen-bond donors (Lipinski definition) is 0. The van der Waals surface area contributed by atoms with Gasteiger partial charge in [-0.3, -0.25) is 9.97 Å². The molecule has 2 aromatic rings. The predicted octanol–water partition coefficient (Wildman–Crippen LogP) is 2.74. The molecule has 0 bridgehead atoms. The average Bonchev–Trinajstić information content (AvgIpc) is 3.23. The second-order valence-electron chi connectivity index (χ2n) is 7.07. The van der Waals surface area contributed by atoms with Gasteiger partial charge in [-0.2, -0.15) is 17.0 Å². The molecule has 0 N–H and O–H groups in total. The lowest BCUT2D eigenvalue weighted by Gasteiger charge is -2.27. The summed E-state index contributed by atoms with van der Waals surface area (Å²) in [4.78, 5) is 14.5. The summed E-state index contributed by atoms with van der Waals surface area (Å²) < 4.78 is 28.2. The van der Waals surface area contributed by atoms with Gasteiger partial charge in [0.2, 0.25) is 0 Å². The van der Waals surface area contributed by atoms with Crippen LogP contribution >= 0.6 is 11.3 Å². The Morgan fingerprint density at radius 2 is 2.00 bits per heavy atom. The fourth-order valence-electron chi connectivity index (χ4n) is 3.15. The van der Waals surface area contributed by atoms with Gasteiger partial charge in [-0.1, -0.05) is 13.8 Å². The van der Waals surface area contributed by atoms with Crippen molar-refractivity contribution in [1.29, 1.82) is 0 Å². The summed E-state index contributed by atoms with van der Waals surface area (Å²) in [5.74, 6) is 0.533. The molecule has 1 aliphatic rings. The van der Waals surface area contributed by atoms with Crippen molar-refractivity contribution in [3.05, 3.63) is 29.3 Å². The molecule has 9 heteroatoms. The van der Waals surface area contributed by atoms with E-state index in [0.29, 0.717) is 12.5 Å². The molecule has 7 nitrogen and oxygen atoms in total. The maximum Gasteiger partial charge on any atom is 0.282 e. The van der Waals surface area contributed by atoms with Gasteiger partial charge in [0.25, 0.3) is 10.2 Å². The Labute approximate surface area is 159 Å². The third-order valence-electron chi connectivity index (χ3n) is 4.37. The first-order valence-electron chi connectivity index (χ1n) is 8.76. The molecule has 3 rings (SSSR count). The summed E-state index contributed by atoms with van der Waals surface area (Å²) in [5.41, 5.74) is 1.46. The molecule has 1 aliphatic heterocycles. The van der Waals surface area contributed by atoms with Crippen molar-refractivity contribution < 1.29 is 8.42 Å². The molecule has 0 amide bonds. The van der Waals surface area contributed by atoms with Gasteiger partial charge in [0, 0.05) is 45.7 Å². The Kier molecular flexibility index (Phi) is 5.71. The molecule has 26 heavy (non-hydrogen) atoms. The molecule has 2 aromatic heterocycles. The molecular formula is C17H25N5O2S2. The van der Waals surface area contributed by atoms with E-state index in [4.69, 9.17) is 0 Å². The number of thiazole rings is 1. The van der Waals surface area contributed by atoms with Gasteiger partial charge in [-0.05, 0) is 18.8 Å². The number of hydrogen-bond acceptors (Lipinski definition) is 6. The molecule has 0 unspecified atom stereocenters. The van der Waals surface area contributed by atoms with E-state index in [2.05, 4.69) is 28.8 Å². The van der Waals surface area contributed by atoms with Gasteiger partial charge < -0.3 is 0 Å². The van der Waals surface area contributed by atoms with E-state index in [0.717, 1.165) is 40.5 Å². The number of rotatable bonds is 6. The first-order valence-corrected chi connectivity index (χ1v) is 11.0. The summed E-state index contributed by atoms with van der Waals surface area (Å²) in [7, 11) is -0.379. The summed E-state index contributed by atoms with van der Waals surface area (Å²) in [5, 5.41) is 1.07. The predicted molar refractivity (Wildman–Crippen MR) is 103 cm³/mol. The van der Waals surface area contributed by atoms with Crippen molar-refractivity contribution in [2.24, 2.45) is 5.92 Å². The zero-order valence-corrected chi connectivity index (χ0v) is 17.2. The Bertz CT molecular complexity index is 864. The third kappa shape index (κ3) is 3.80. The normalized spacial score (nSPS) is 18.9. The fraction of sp³-hybridized carbons (Fsp3) is 0.588. The third-order valence-corrected chi connectivity index (χ3v) is 7.35. The van der Waals surface area contributed by atoms with Crippen LogP contribution in [0.4, 0.5) is 0 Å². The van der Waals surface area contributed by atoms with Crippen molar-refractivity contribution in [3.8, 4) is 10.6 Å². The molecule has 1 atom stereocenters. The largest absolute Gasteiger partial charge is 0.282 e. The first kappa shape index (κ1) is 19.3. The maximum atomic E-state index is 12.7. The van der Waals surface area contributed by atoms with Gasteiger partial charge in [-0.15, -0.1) is 11.3 Å².